The van der Waals surface area contributed by atoms with Gasteiger partial charge in [0, 0.05) is 63.8 Å². The lowest BCUT2D eigenvalue weighted by Crippen LogP contribution is -2.06. The van der Waals surface area contributed by atoms with Gasteiger partial charge in [-0.3, -0.25) is 4.98 Å². The van der Waals surface area contributed by atoms with E-state index in [2.05, 4.69) is 32.0 Å². The molecule has 1 atom stereocenters. The zero-order valence-corrected chi connectivity index (χ0v) is 18.3. The van der Waals surface area contributed by atoms with Crippen LogP contribution in [-0.4, -0.2) is 25.5 Å². The normalized spacial score (nSPS) is 15.8. The molecule has 4 heterocycles. The highest BCUT2D eigenvalue weighted by atomic mass is 32.2. The van der Waals surface area contributed by atoms with Crippen LogP contribution in [0.5, 0.6) is 0 Å². The van der Waals surface area contributed by atoms with Crippen LogP contribution in [0.15, 0.2) is 90.6 Å². The minimum absolute atomic E-state index is 0.156. The van der Waals surface area contributed by atoms with Crippen LogP contribution < -0.4 is 0 Å². The number of hydrogen-bond donors (Lipinski definition) is 2. The minimum Gasteiger partial charge on any atom is -0.410 e. The number of nitrogens with one attached hydrogen (secondary N) is 1. The maximum atomic E-state index is 13.3. The Labute approximate surface area is 193 Å². The smallest absolute Gasteiger partial charge is 0.123 e. The molecule has 5 aromatic rings. The summed E-state index contributed by atoms with van der Waals surface area (Å²) in [5.74, 6) is 0.563. The number of rotatable bonds is 4. The SMILES string of the molecule is ON=C(c1ccn2c1CSC2c1cccnc1)c1c[nH]c2cc(-c3ccc(F)cc3)ccc12. The number of aromatic nitrogens is 3. The van der Waals surface area contributed by atoms with Gasteiger partial charge in [-0.25, -0.2) is 4.39 Å². The van der Waals surface area contributed by atoms with Crippen molar-refractivity contribution >= 4 is 28.4 Å². The van der Waals surface area contributed by atoms with E-state index in [1.807, 2.05) is 54.5 Å². The van der Waals surface area contributed by atoms with Crippen molar-refractivity contribution in [1.29, 1.82) is 0 Å². The number of benzene rings is 2. The molecule has 3 aromatic heterocycles. The first-order valence-corrected chi connectivity index (χ1v) is 11.6. The number of pyridine rings is 1. The van der Waals surface area contributed by atoms with Gasteiger partial charge >= 0.3 is 0 Å². The molecule has 0 radical (unpaired) electrons. The average molecular weight is 455 g/mol. The Hall–Kier alpha value is -3.84. The largest absolute Gasteiger partial charge is 0.410 e. The van der Waals surface area contributed by atoms with Crippen LogP contribution in [0.25, 0.3) is 22.0 Å². The lowest BCUT2D eigenvalue weighted by atomic mass is 9.99. The first-order chi connectivity index (χ1) is 16.2. The molecule has 2 N–H and O–H groups in total. The Balaban J connectivity index is 1.38. The van der Waals surface area contributed by atoms with Crippen LogP contribution in [-0.2, 0) is 5.75 Å². The quantitative estimate of drug-likeness (QED) is 0.193. The van der Waals surface area contributed by atoms with Gasteiger partial charge in [-0.2, -0.15) is 0 Å². The highest BCUT2D eigenvalue weighted by Crippen LogP contribution is 2.42. The van der Waals surface area contributed by atoms with Gasteiger partial charge in [0.1, 0.15) is 16.9 Å². The highest BCUT2D eigenvalue weighted by Gasteiger charge is 2.29. The topological polar surface area (TPSA) is 66.2 Å². The summed E-state index contributed by atoms with van der Waals surface area (Å²) >= 11 is 1.83. The van der Waals surface area contributed by atoms with E-state index in [1.54, 1.807) is 18.3 Å². The summed E-state index contributed by atoms with van der Waals surface area (Å²) < 4.78 is 15.5. The molecule has 1 unspecified atom stereocenters. The van der Waals surface area contributed by atoms with Gasteiger partial charge in [-0.15, -0.1) is 11.8 Å². The zero-order chi connectivity index (χ0) is 22.4. The van der Waals surface area contributed by atoms with Gasteiger partial charge in [-0.1, -0.05) is 35.5 Å². The number of H-pyrrole nitrogens is 1. The van der Waals surface area contributed by atoms with Gasteiger partial charge < -0.3 is 14.8 Å². The monoisotopic (exact) mass is 454 g/mol. The van der Waals surface area contributed by atoms with E-state index >= 15 is 0 Å². The molecule has 0 bridgehead atoms. The highest BCUT2D eigenvalue weighted by molar-refractivity contribution is 7.99. The number of thioether (sulfide) groups is 1. The fraction of sp³-hybridized carbons (Fsp3) is 0.0769. The Bertz CT molecular complexity index is 1490. The second kappa shape index (κ2) is 7.94. The molecule has 0 saturated heterocycles. The third-order valence-electron chi connectivity index (χ3n) is 6.09. The van der Waals surface area contributed by atoms with Gasteiger partial charge in [-0.05, 0) is 41.5 Å². The predicted octanol–water partition coefficient (Wildman–Crippen LogP) is 6.19. The van der Waals surface area contributed by atoms with Crippen LogP contribution in [0.4, 0.5) is 4.39 Å². The molecule has 5 nitrogen and oxygen atoms in total. The standard InChI is InChI=1S/C26H19FN4OS/c27-19-6-3-16(4-7-19)17-5-8-20-22(14-29-23(20)12-17)25(30-32)21-9-11-31-24(21)15-33-26(31)18-2-1-10-28-13-18/h1-14,26,29,32H,15H2. The van der Waals surface area contributed by atoms with E-state index in [0.29, 0.717) is 5.71 Å². The van der Waals surface area contributed by atoms with Crippen molar-refractivity contribution in [2.75, 3.05) is 0 Å². The maximum absolute atomic E-state index is 13.3. The maximum Gasteiger partial charge on any atom is 0.123 e. The number of halogens is 1. The summed E-state index contributed by atoms with van der Waals surface area (Å²) in [7, 11) is 0. The molecule has 0 aliphatic carbocycles. The fourth-order valence-electron chi connectivity index (χ4n) is 4.48. The fourth-order valence-corrected chi connectivity index (χ4v) is 5.79. The summed E-state index contributed by atoms with van der Waals surface area (Å²) in [5, 5.41) is 14.8. The molecule has 1 aliphatic heterocycles. The van der Waals surface area contributed by atoms with E-state index in [1.165, 1.54) is 12.1 Å². The van der Waals surface area contributed by atoms with E-state index < -0.39 is 0 Å². The van der Waals surface area contributed by atoms with Crippen LogP contribution in [0, 0.1) is 5.82 Å². The Kier molecular flexibility index (Phi) is 4.77. The van der Waals surface area contributed by atoms with E-state index in [9.17, 15) is 9.60 Å². The average Bonchev–Trinajstić information content (AvgIpc) is 3.57. The predicted molar refractivity (Wildman–Crippen MR) is 129 cm³/mol. The van der Waals surface area contributed by atoms with Crippen LogP contribution in [0.1, 0.15) is 27.8 Å². The van der Waals surface area contributed by atoms with E-state index in [4.69, 9.17) is 0 Å². The Morgan fingerprint density at radius 2 is 1.94 bits per heavy atom. The summed E-state index contributed by atoms with van der Waals surface area (Å²) in [6.45, 7) is 0. The Morgan fingerprint density at radius 1 is 1.09 bits per heavy atom. The molecule has 0 fully saturated rings. The zero-order valence-electron chi connectivity index (χ0n) is 17.4. The van der Waals surface area contributed by atoms with Gasteiger partial charge in [0.05, 0.1) is 0 Å². The second-order valence-corrected chi connectivity index (χ2v) is 9.02. The second-order valence-electron chi connectivity index (χ2n) is 7.95. The van der Waals surface area contributed by atoms with E-state index in [-0.39, 0.29) is 11.2 Å². The number of fused-ring (bicyclic) bond motifs is 2. The van der Waals surface area contributed by atoms with E-state index in [0.717, 1.165) is 50.2 Å². The summed E-state index contributed by atoms with van der Waals surface area (Å²) in [4.78, 5) is 7.56. The van der Waals surface area contributed by atoms with Crippen molar-refractivity contribution in [3.63, 3.8) is 0 Å². The third-order valence-corrected chi connectivity index (χ3v) is 7.35. The third kappa shape index (κ3) is 3.32. The lowest BCUT2D eigenvalue weighted by molar-refractivity contribution is 0.319. The van der Waals surface area contributed by atoms with Crippen molar-refractivity contribution in [3.05, 3.63) is 114 Å². The molecule has 162 valence electrons. The summed E-state index contributed by atoms with van der Waals surface area (Å²) in [6, 6.07) is 18.5. The number of oxime groups is 1. The summed E-state index contributed by atoms with van der Waals surface area (Å²) in [5.41, 5.74) is 7.41. The molecular formula is C26H19FN4OS. The van der Waals surface area contributed by atoms with Crippen molar-refractivity contribution in [3.8, 4) is 11.1 Å². The molecule has 7 heteroatoms. The molecule has 6 rings (SSSR count). The number of aromatic amines is 1. The van der Waals surface area contributed by atoms with Crippen molar-refractivity contribution in [2.24, 2.45) is 5.16 Å². The van der Waals surface area contributed by atoms with Gasteiger partial charge in [0.25, 0.3) is 0 Å². The molecule has 0 amide bonds. The van der Waals surface area contributed by atoms with Crippen LogP contribution in [0.3, 0.4) is 0 Å². The van der Waals surface area contributed by atoms with Crippen molar-refractivity contribution in [1.82, 2.24) is 14.5 Å². The van der Waals surface area contributed by atoms with Crippen molar-refractivity contribution < 1.29 is 9.60 Å². The number of hydrogen-bond acceptors (Lipinski definition) is 4. The first kappa shape index (κ1) is 19.8. The lowest BCUT2D eigenvalue weighted by Gasteiger charge is -2.12. The van der Waals surface area contributed by atoms with Gasteiger partial charge in [0.15, 0.2) is 0 Å². The first-order valence-electron chi connectivity index (χ1n) is 10.5. The van der Waals surface area contributed by atoms with Crippen LogP contribution in [0.2, 0.25) is 0 Å². The number of nitrogens with zero attached hydrogens (tertiary/aromatic N) is 3. The molecular weight excluding hydrogens is 435 g/mol. The molecule has 1 aliphatic rings. The summed E-state index contributed by atoms with van der Waals surface area (Å²) in [6.07, 6.45) is 7.60. The van der Waals surface area contributed by atoms with Crippen LogP contribution >= 0.6 is 11.8 Å². The molecule has 2 aromatic carbocycles. The Morgan fingerprint density at radius 3 is 2.73 bits per heavy atom. The minimum atomic E-state index is -0.255. The molecule has 0 spiro atoms. The molecule has 33 heavy (non-hydrogen) atoms. The van der Waals surface area contributed by atoms with Gasteiger partial charge in [0.2, 0.25) is 0 Å². The molecule has 0 saturated carbocycles. The van der Waals surface area contributed by atoms with Crippen molar-refractivity contribution in [2.45, 2.75) is 11.1 Å².